The van der Waals surface area contributed by atoms with E-state index in [1.165, 1.54) is 0 Å². The first kappa shape index (κ1) is 7.24. The predicted molar refractivity (Wildman–Crippen MR) is 47.9 cm³/mol. The van der Waals surface area contributed by atoms with Crippen LogP contribution in [0.3, 0.4) is 0 Å². The maximum absolute atomic E-state index is 5.62. The Morgan fingerprint density at radius 3 is 3.17 bits per heavy atom. The number of hydrogen-bond acceptors (Lipinski definition) is 4. The summed E-state index contributed by atoms with van der Waals surface area (Å²) in [6, 6.07) is 5.46. The minimum absolute atomic E-state index is 0.124. The molecule has 0 saturated heterocycles. The maximum atomic E-state index is 5.62. The van der Waals surface area contributed by atoms with Crippen LogP contribution >= 0.6 is 0 Å². The van der Waals surface area contributed by atoms with Crippen molar-refractivity contribution in [1.29, 1.82) is 0 Å². The van der Waals surface area contributed by atoms with Gasteiger partial charge in [-0.3, -0.25) is 0 Å². The lowest BCUT2D eigenvalue weighted by Crippen LogP contribution is -2.38. The number of fused-ring (bicyclic) bond motifs is 1. The number of ether oxygens (including phenoxy) is 1. The smallest absolute Gasteiger partial charge is 0.144 e. The van der Waals surface area contributed by atoms with Crippen LogP contribution in [-0.2, 0) is 0 Å². The molecular weight excluding hydrogens is 154 g/mol. The van der Waals surface area contributed by atoms with E-state index in [-0.39, 0.29) is 6.17 Å². The molecule has 0 amide bonds. The lowest BCUT2D eigenvalue weighted by Gasteiger charge is -2.24. The zero-order chi connectivity index (χ0) is 8.55. The Morgan fingerprint density at radius 2 is 2.33 bits per heavy atom. The first-order chi connectivity index (χ1) is 5.75. The second kappa shape index (κ2) is 2.57. The lowest BCUT2D eigenvalue weighted by atomic mass is 10.2. The highest BCUT2D eigenvalue weighted by Crippen LogP contribution is 2.29. The van der Waals surface area contributed by atoms with E-state index in [2.05, 4.69) is 5.32 Å². The molecule has 1 unspecified atom stereocenters. The third-order valence-electron chi connectivity index (χ3n) is 1.76. The zero-order valence-electron chi connectivity index (χ0n) is 6.58. The number of hydrogen-bond donors (Lipinski definition) is 3. The zero-order valence-corrected chi connectivity index (χ0v) is 6.58. The average molecular weight is 165 g/mol. The number of anilines is 2. The molecule has 4 nitrogen and oxygen atoms in total. The molecule has 1 aliphatic rings. The van der Waals surface area contributed by atoms with E-state index in [1.807, 2.05) is 12.1 Å². The standard InChI is InChI=1S/C8H11N3O/c9-5-1-2-6-7(3-5)12-4-8(10)11-6/h1-3,8,11H,4,9-10H2. The van der Waals surface area contributed by atoms with E-state index in [9.17, 15) is 0 Å². The van der Waals surface area contributed by atoms with Gasteiger partial charge in [0.05, 0.1) is 5.69 Å². The molecule has 0 aliphatic carbocycles. The molecule has 1 aromatic rings. The summed E-state index contributed by atoms with van der Waals surface area (Å²) >= 11 is 0. The topological polar surface area (TPSA) is 73.3 Å². The van der Waals surface area contributed by atoms with E-state index in [0.717, 1.165) is 11.4 Å². The van der Waals surface area contributed by atoms with Crippen molar-refractivity contribution < 1.29 is 4.74 Å². The number of benzene rings is 1. The van der Waals surface area contributed by atoms with E-state index >= 15 is 0 Å². The summed E-state index contributed by atoms with van der Waals surface area (Å²) < 4.78 is 5.35. The molecule has 5 N–H and O–H groups in total. The van der Waals surface area contributed by atoms with Crippen LogP contribution < -0.4 is 21.5 Å². The third kappa shape index (κ3) is 1.16. The van der Waals surface area contributed by atoms with Crippen LogP contribution in [0.4, 0.5) is 11.4 Å². The van der Waals surface area contributed by atoms with Gasteiger partial charge in [-0.15, -0.1) is 0 Å². The maximum Gasteiger partial charge on any atom is 0.144 e. The van der Waals surface area contributed by atoms with Gasteiger partial charge < -0.3 is 21.5 Å². The fourth-order valence-corrected chi connectivity index (χ4v) is 1.20. The Labute approximate surface area is 70.5 Å². The highest BCUT2D eigenvalue weighted by molar-refractivity contribution is 5.63. The second-order valence-corrected chi connectivity index (χ2v) is 2.82. The molecule has 0 spiro atoms. The summed E-state index contributed by atoms with van der Waals surface area (Å²) in [6.07, 6.45) is -0.124. The lowest BCUT2D eigenvalue weighted by molar-refractivity contribution is 0.287. The van der Waals surface area contributed by atoms with Gasteiger partial charge in [-0.25, -0.2) is 0 Å². The van der Waals surface area contributed by atoms with Gasteiger partial charge in [0.1, 0.15) is 18.5 Å². The fraction of sp³-hybridized carbons (Fsp3) is 0.250. The Kier molecular flexibility index (Phi) is 1.55. The first-order valence-electron chi connectivity index (χ1n) is 3.80. The molecule has 12 heavy (non-hydrogen) atoms. The van der Waals surface area contributed by atoms with Gasteiger partial charge in [-0.2, -0.15) is 0 Å². The predicted octanol–water partition coefficient (Wildman–Crippen LogP) is 0.358. The van der Waals surface area contributed by atoms with Crippen molar-refractivity contribution in [3.05, 3.63) is 18.2 Å². The van der Waals surface area contributed by atoms with Crippen molar-refractivity contribution in [3.63, 3.8) is 0 Å². The monoisotopic (exact) mass is 165 g/mol. The van der Waals surface area contributed by atoms with E-state index < -0.39 is 0 Å². The summed E-state index contributed by atoms with van der Waals surface area (Å²) in [5, 5.41) is 3.08. The molecule has 0 bridgehead atoms. The quantitative estimate of drug-likeness (QED) is 0.485. The summed E-state index contributed by atoms with van der Waals surface area (Å²) in [5.41, 5.74) is 12.8. The largest absolute Gasteiger partial charge is 0.488 e. The molecule has 4 heteroatoms. The number of rotatable bonds is 0. The van der Waals surface area contributed by atoms with Crippen LogP contribution in [0.15, 0.2) is 18.2 Å². The summed E-state index contributed by atoms with van der Waals surface area (Å²) in [7, 11) is 0. The SMILES string of the molecule is Nc1ccc2c(c1)OCC(N)N2. The number of nitrogen functional groups attached to an aromatic ring is 1. The van der Waals surface area contributed by atoms with Crippen LogP contribution in [0.5, 0.6) is 5.75 Å². The van der Waals surface area contributed by atoms with Crippen molar-refractivity contribution in [2.45, 2.75) is 6.17 Å². The van der Waals surface area contributed by atoms with Gasteiger partial charge in [-0.05, 0) is 12.1 Å². The Hall–Kier alpha value is -1.42. The average Bonchev–Trinajstić information content (AvgIpc) is 2.05. The van der Waals surface area contributed by atoms with E-state index in [0.29, 0.717) is 12.3 Å². The van der Waals surface area contributed by atoms with E-state index in [4.69, 9.17) is 16.2 Å². The second-order valence-electron chi connectivity index (χ2n) is 2.82. The van der Waals surface area contributed by atoms with Gasteiger partial charge in [0.2, 0.25) is 0 Å². The summed E-state index contributed by atoms with van der Waals surface area (Å²) in [5.74, 6) is 0.775. The first-order valence-corrected chi connectivity index (χ1v) is 3.80. The highest BCUT2D eigenvalue weighted by Gasteiger charge is 2.14. The molecule has 64 valence electrons. The highest BCUT2D eigenvalue weighted by atomic mass is 16.5. The van der Waals surface area contributed by atoms with Gasteiger partial charge >= 0.3 is 0 Å². The molecule has 0 saturated carbocycles. The van der Waals surface area contributed by atoms with Crippen LogP contribution in [0.2, 0.25) is 0 Å². The summed E-state index contributed by atoms with van der Waals surface area (Å²) in [4.78, 5) is 0. The van der Waals surface area contributed by atoms with Crippen molar-refractivity contribution in [1.82, 2.24) is 0 Å². The Balaban J connectivity index is 2.37. The fourth-order valence-electron chi connectivity index (χ4n) is 1.20. The third-order valence-corrected chi connectivity index (χ3v) is 1.76. The van der Waals surface area contributed by atoms with Crippen LogP contribution in [0.1, 0.15) is 0 Å². The van der Waals surface area contributed by atoms with Gasteiger partial charge in [-0.1, -0.05) is 0 Å². The Morgan fingerprint density at radius 1 is 1.50 bits per heavy atom. The molecule has 1 aliphatic heterocycles. The molecule has 0 fully saturated rings. The summed E-state index contributed by atoms with van der Waals surface area (Å²) in [6.45, 7) is 0.483. The number of nitrogens with two attached hydrogens (primary N) is 2. The van der Waals surface area contributed by atoms with Crippen LogP contribution in [-0.4, -0.2) is 12.8 Å². The minimum Gasteiger partial charge on any atom is -0.488 e. The minimum atomic E-state index is -0.124. The van der Waals surface area contributed by atoms with Crippen molar-refractivity contribution in [3.8, 4) is 5.75 Å². The van der Waals surface area contributed by atoms with Gasteiger partial charge in [0, 0.05) is 11.8 Å². The van der Waals surface area contributed by atoms with Crippen molar-refractivity contribution in [2.75, 3.05) is 17.7 Å². The van der Waals surface area contributed by atoms with Gasteiger partial charge in [0.15, 0.2) is 0 Å². The molecular formula is C8H11N3O. The van der Waals surface area contributed by atoms with Crippen molar-refractivity contribution >= 4 is 11.4 Å². The van der Waals surface area contributed by atoms with Crippen LogP contribution in [0, 0.1) is 0 Å². The normalized spacial score (nSPS) is 20.6. The molecule has 1 atom stereocenters. The van der Waals surface area contributed by atoms with E-state index in [1.54, 1.807) is 6.07 Å². The molecule has 0 aromatic heterocycles. The van der Waals surface area contributed by atoms with Crippen molar-refractivity contribution in [2.24, 2.45) is 5.73 Å². The molecule has 1 heterocycles. The Bertz CT molecular complexity index is 300. The van der Waals surface area contributed by atoms with Crippen LogP contribution in [0.25, 0.3) is 0 Å². The van der Waals surface area contributed by atoms with Gasteiger partial charge in [0.25, 0.3) is 0 Å². The molecule has 0 radical (unpaired) electrons. The molecule has 2 rings (SSSR count). The number of nitrogens with one attached hydrogen (secondary N) is 1. The molecule has 1 aromatic carbocycles.